The third kappa shape index (κ3) is 22.8. The second kappa shape index (κ2) is 31.7. The minimum atomic E-state index is -1.85. The van der Waals surface area contributed by atoms with E-state index in [1.807, 2.05) is 0 Å². The number of rotatable bonds is 32. The van der Waals surface area contributed by atoms with Crippen molar-refractivity contribution in [2.24, 2.45) is 23.3 Å². The Hall–Kier alpha value is -7.75. The molecule has 2 rings (SSSR count). The van der Waals surface area contributed by atoms with E-state index in [2.05, 4.69) is 47.9 Å². The van der Waals surface area contributed by atoms with Gasteiger partial charge in [0.25, 0.3) is 0 Å². The van der Waals surface area contributed by atoms with Crippen LogP contribution in [0.4, 0.5) is 0 Å². The predicted molar refractivity (Wildman–Crippen MR) is 261 cm³/mol. The molecule has 0 saturated heterocycles. The van der Waals surface area contributed by atoms with Crippen molar-refractivity contribution in [2.45, 2.75) is 108 Å². The lowest BCUT2D eigenvalue weighted by Gasteiger charge is -2.26. The van der Waals surface area contributed by atoms with Gasteiger partial charge >= 0.3 is 5.97 Å². The second-order valence-corrected chi connectivity index (χ2v) is 18.0. The van der Waals surface area contributed by atoms with E-state index in [-0.39, 0.29) is 43.3 Å². The largest absolute Gasteiger partial charge is 0.508 e. The molecule has 0 heterocycles. The number of nitrogens with two attached hydrogens (primary N) is 2. The van der Waals surface area contributed by atoms with Crippen molar-refractivity contribution >= 4 is 65.0 Å². The standard InChI is InChI=1S/C47H69N11O16/c1-24(2)14-30(41(67)50-20-39(65)53-35(22-60)45(71)57-34(47(73)74)15-25(3)4)52-38(64)19-51-42(68)31(17-27-10-12-28(62)13-11-27)55-46(72)36(23-61)58-44(70)33(18-37(49)63)56-43(69)32(54-40(66)29(48)21-59)16-26-8-6-5-7-9-26/h5-13,24-25,29-36,59-62H,14-23,48H2,1-4H3,(H2,49,63)(H,50,67)(H,51,68)(H,52,64)(H,53,65)(H,54,66)(H,55,72)(H,56,69)(H,57,71)(H,58,70)(H,73,74)/t29-,30-,31-,32-,33-,34-,35-,36-/m0/s1. The Balaban J connectivity index is 2.21. The fourth-order valence-corrected chi connectivity index (χ4v) is 6.85. The van der Waals surface area contributed by atoms with Gasteiger partial charge in [-0.15, -0.1) is 0 Å². The Bertz CT molecular complexity index is 2250. The van der Waals surface area contributed by atoms with E-state index in [4.69, 9.17) is 11.5 Å². The number of aliphatic hydroxyl groups is 3. The number of carboxylic acids is 1. The quantitative estimate of drug-likeness (QED) is 0.0325. The van der Waals surface area contributed by atoms with Gasteiger partial charge in [0.2, 0.25) is 59.1 Å². The number of aliphatic hydroxyl groups excluding tert-OH is 3. The van der Waals surface area contributed by atoms with Crippen LogP contribution in [0.25, 0.3) is 0 Å². The Morgan fingerprint density at radius 2 is 0.865 bits per heavy atom. The zero-order valence-corrected chi connectivity index (χ0v) is 41.4. The van der Waals surface area contributed by atoms with Crippen LogP contribution < -0.4 is 59.3 Å². The monoisotopic (exact) mass is 1040 g/mol. The number of carbonyl (C=O) groups is 11. The number of hydrogen-bond acceptors (Lipinski definition) is 16. The summed E-state index contributed by atoms with van der Waals surface area (Å²) in [4.78, 5) is 143. The number of carboxylic acid groups (broad SMARTS) is 1. The Kier molecular flexibility index (Phi) is 26.7. The molecular formula is C47H69N11O16. The summed E-state index contributed by atoms with van der Waals surface area (Å²) < 4.78 is 0. The lowest BCUT2D eigenvalue weighted by Crippen LogP contribution is -2.60. The first kappa shape index (κ1) is 62.4. The first-order chi connectivity index (χ1) is 34.9. The molecule has 0 spiro atoms. The normalized spacial score (nSPS) is 14.2. The summed E-state index contributed by atoms with van der Waals surface area (Å²) in [6, 6.07) is 1.55. The molecule has 0 aliphatic carbocycles. The number of primary amides is 1. The first-order valence-corrected chi connectivity index (χ1v) is 23.4. The smallest absolute Gasteiger partial charge is 0.326 e. The van der Waals surface area contributed by atoms with Gasteiger partial charge in [-0.1, -0.05) is 70.2 Å². The van der Waals surface area contributed by atoms with E-state index in [9.17, 15) is 78.3 Å². The van der Waals surface area contributed by atoms with Crippen molar-refractivity contribution in [1.29, 1.82) is 0 Å². The molecule has 27 nitrogen and oxygen atoms in total. The molecule has 0 radical (unpaired) electrons. The molecule has 2 aromatic rings. The van der Waals surface area contributed by atoms with Crippen molar-refractivity contribution in [2.75, 3.05) is 32.9 Å². The summed E-state index contributed by atoms with van der Waals surface area (Å²) in [5, 5.41) is 69.4. The van der Waals surface area contributed by atoms with Gasteiger partial charge in [0.05, 0.1) is 39.3 Å². The van der Waals surface area contributed by atoms with Crippen LogP contribution >= 0.6 is 0 Å². The molecule has 8 atom stereocenters. The molecule has 10 amide bonds. The fraction of sp³-hybridized carbons (Fsp3) is 0.511. The van der Waals surface area contributed by atoms with Crippen molar-refractivity contribution < 1.29 is 78.3 Å². The fourth-order valence-electron chi connectivity index (χ4n) is 6.85. The Morgan fingerprint density at radius 1 is 0.473 bits per heavy atom. The van der Waals surface area contributed by atoms with Crippen LogP contribution in [0.3, 0.4) is 0 Å². The van der Waals surface area contributed by atoms with E-state index >= 15 is 0 Å². The van der Waals surface area contributed by atoms with Gasteiger partial charge in [0, 0.05) is 12.8 Å². The predicted octanol–water partition coefficient (Wildman–Crippen LogP) is -5.84. The summed E-state index contributed by atoms with van der Waals surface area (Å²) in [6.45, 7) is 2.65. The number of phenols is 1. The Labute approximate surface area is 426 Å². The van der Waals surface area contributed by atoms with E-state index in [0.717, 1.165) is 0 Å². The zero-order valence-electron chi connectivity index (χ0n) is 41.4. The molecule has 27 heteroatoms. The van der Waals surface area contributed by atoms with Gasteiger partial charge in [0.1, 0.15) is 54.1 Å². The molecular weight excluding hydrogens is 975 g/mol. The van der Waals surface area contributed by atoms with Gasteiger partial charge in [-0.3, -0.25) is 47.9 Å². The minimum Gasteiger partial charge on any atom is -0.508 e. The minimum absolute atomic E-state index is 0.0309. The number of phenolic OH excluding ortho intramolecular Hbond substituents is 1. The van der Waals surface area contributed by atoms with Crippen molar-refractivity contribution in [3.05, 3.63) is 65.7 Å². The third-order valence-corrected chi connectivity index (χ3v) is 10.7. The third-order valence-electron chi connectivity index (χ3n) is 10.7. The topological polar surface area (TPSA) is 449 Å². The molecule has 0 aliphatic heterocycles. The van der Waals surface area contributed by atoms with E-state index in [0.29, 0.717) is 11.1 Å². The van der Waals surface area contributed by atoms with Crippen LogP contribution in [0.5, 0.6) is 5.75 Å². The van der Waals surface area contributed by atoms with Gasteiger partial charge < -0.3 is 84.9 Å². The SMILES string of the molecule is CC(C)C[C@H](NC(=O)[C@H](CO)NC(=O)CNC(=O)[C@H](CC(C)C)NC(=O)CNC(=O)[C@H](Cc1ccc(O)cc1)NC(=O)[C@H](CO)NC(=O)[C@H](CC(N)=O)NC(=O)[C@H](Cc1ccccc1)NC(=O)[C@@H](N)CO)C(=O)O. The maximum absolute atomic E-state index is 13.7. The van der Waals surface area contributed by atoms with Crippen molar-refractivity contribution in [3.8, 4) is 5.75 Å². The number of benzene rings is 2. The summed E-state index contributed by atoms with van der Waals surface area (Å²) in [5.74, 6) is -11.8. The average molecular weight is 1040 g/mol. The summed E-state index contributed by atoms with van der Waals surface area (Å²) in [7, 11) is 0. The molecule has 0 unspecified atom stereocenters. The number of amides is 10. The van der Waals surface area contributed by atoms with Crippen LogP contribution in [-0.4, -0.2) is 172 Å². The van der Waals surface area contributed by atoms with Crippen molar-refractivity contribution in [1.82, 2.24) is 47.9 Å². The molecule has 0 fully saturated rings. The highest BCUT2D eigenvalue weighted by Crippen LogP contribution is 2.13. The molecule has 74 heavy (non-hydrogen) atoms. The van der Waals surface area contributed by atoms with E-state index < -0.39 is 153 Å². The van der Waals surface area contributed by atoms with Crippen LogP contribution in [0.1, 0.15) is 58.1 Å². The van der Waals surface area contributed by atoms with E-state index in [1.165, 1.54) is 24.3 Å². The number of aromatic hydroxyl groups is 1. The van der Waals surface area contributed by atoms with Gasteiger partial charge in [0.15, 0.2) is 0 Å². The van der Waals surface area contributed by atoms with Gasteiger partial charge in [-0.05, 0) is 47.9 Å². The zero-order chi connectivity index (χ0) is 55.7. The van der Waals surface area contributed by atoms with E-state index in [1.54, 1.807) is 58.0 Å². The van der Waals surface area contributed by atoms with Gasteiger partial charge in [-0.2, -0.15) is 0 Å². The average Bonchev–Trinajstić information content (AvgIpc) is 3.34. The van der Waals surface area contributed by atoms with Crippen LogP contribution in [0.15, 0.2) is 54.6 Å². The maximum atomic E-state index is 13.7. The number of aliphatic carboxylic acids is 1. The molecule has 0 saturated carbocycles. The molecule has 408 valence electrons. The molecule has 0 aromatic heterocycles. The molecule has 18 N–H and O–H groups in total. The lowest BCUT2D eigenvalue weighted by atomic mass is 10.0. The lowest BCUT2D eigenvalue weighted by molar-refractivity contribution is -0.143. The highest BCUT2D eigenvalue weighted by atomic mass is 16.4. The number of nitrogens with one attached hydrogen (secondary N) is 9. The highest BCUT2D eigenvalue weighted by Gasteiger charge is 2.34. The second-order valence-electron chi connectivity index (χ2n) is 18.0. The maximum Gasteiger partial charge on any atom is 0.326 e. The summed E-state index contributed by atoms with van der Waals surface area (Å²) in [6.07, 6.45) is -1.16. The van der Waals surface area contributed by atoms with Crippen LogP contribution in [-0.2, 0) is 65.6 Å². The number of carbonyl (C=O) groups excluding carboxylic acids is 10. The van der Waals surface area contributed by atoms with Gasteiger partial charge in [-0.25, -0.2) is 4.79 Å². The Morgan fingerprint density at radius 3 is 1.35 bits per heavy atom. The van der Waals surface area contributed by atoms with Crippen molar-refractivity contribution in [3.63, 3.8) is 0 Å². The van der Waals surface area contributed by atoms with Crippen LogP contribution in [0, 0.1) is 11.8 Å². The number of hydrogen-bond donors (Lipinski definition) is 16. The summed E-state index contributed by atoms with van der Waals surface area (Å²) >= 11 is 0. The molecule has 2 aromatic carbocycles. The molecule has 0 bridgehead atoms. The summed E-state index contributed by atoms with van der Waals surface area (Å²) in [5.41, 5.74) is 11.9. The first-order valence-electron chi connectivity index (χ1n) is 23.4. The van der Waals surface area contributed by atoms with Crippen LogP contribution in [0.2, 0.25) is 0 Å². The highest BCUT2D eigenvalue weighted by molar-refractivity contribution is 5.98. The molecule has 0 aliphatic rings.